The number of carbonyl (C=O) groups excluding carboxylic acids is 2. The molecule has 186 valence electrons. The van der Waals surface area contributed by atoms with Gasteiger partial charge in [-0.3, -0.25) is 9.52 Å². The normalized spacial score (nSPS) is 11.2. The molecule has 12 heteroatoms. The van der Waals surface area contributed by atoms with E-state index in [-0.39, 0.29) is 33.3 Å². The van der Waals surface area contributed by atoms with E-state index in [0.717, 1.165) is 4.88 Å². The van der Waals surface area contributed by atoms with E-state index in [9.17, 15) is 18.0 Å². The van der Waals surface area contributed by atoms with Gasteiger partial charge in [0.15, 0.2) is 0 Å². The molecule has 0 atom stereocenters. The molecule has 0 saturated carbocycles. The zero-order chi connectivity index (χ0) is 25.9. The molecule has 0 spiro atoms. The van der Waals surface area contributed by atoms with E-state index in [2.05, 4.69) is 10.0 Å². The minimum Gasteiger partial charge on any atom is -0.462 e. The lowest BCUT2D eigenvalue weighted by Crippen LogP contribution is -2.17. The molecule has 2 aromatic carbocycles. The van der Waals surface area contributed by atoms with Crippen molar-refractivity contribution in [3.8, 4) is 10.4 Å². The Labute approximate surface area is 225 Å². The van der Waals surface area contributed by atoms with E-state index in [4.69, 9.17) is 27.9 Å². The molecule has 0 aliphatic heterocycles. The zero-order valence-corrected chi connectivity index (χ0v) is 22.5. The Bertz CT molecular complexity index is 1520. The number of nitrogens with one attached hydrogen (secondary N) is 2. The summed E-state index contributed by atoms with van der Waals surface area (Å²) >= 11 is 14.7. The number of thiophene rings is 2. The molecule has 0 radical (unpaired) electrons. The van der Waals surface area contributed by atoms with Crippen LogP contribution in [0.4, 0.5) is 10.7 Å². The molecule has 7 nitrogen and oxygen atoms in total. The molecular weight excluding hydrogens is 563 g/mol. The third kappa shape index (κ3) is 5.74. The first-order valence-corrected chi connectivity index (χ1v) is 14.4. The highest BCUT2D eigenvalue weighted by Gasteiger charge is 2.25. The van der Waals surface area contributed by atoms with E-state index in [1.165, 1.54) is 65.1 Å². The number of halogens is 2. The van der Waals surface area contributed by atoms with Gasteiger partial charge in [-0.25, -0.2) is 13.2 Å². The molecule has 4 rings (SSSR count). The average Bonchev–Trinajstić information content (AvgIpc) is 3.51. The second-order valence-electron chi connectivity index (χ2n) is 7.26. The molecule has 2 N–H and O–H groups in total. The Morgan fingerprint density at radius 1 is 1.03 bits per heavy atom. The fourth-order valence-electron chi connectivity index (χ4n) is 3.22. The molecule has 36 heavy (non-hydrogen) atoms. The Balaban J connectivity index is 1.64. The number of hydrogen-bond donors (Lipinski definition) is 2. The second kappa shape index (κ2) is 11.0. The maximum Gasteiger partial charge on any atom is 0.341 e. The van der Waals surface area contributed by atoms with Gasteiger partial charge in [0, 0.05) is 32.1 Å². The topological polar surface area (TPSA) is 102 Å². The predicted octanol–water partition coefficient (Wildman–Crippen LogP) is 7.01. The maximum absolute atomic E-state index is 13.1. The first-order chi connectivity index (χ1) is 17.2. The Morgan fingerprint density at radius 3 is 2.44 bits per heavy atom. The van der Waals surface area contributed by atoms with Gasteiger partial charge in [0.05, 0.1) is 11.6 Å². The van der Waals surface area contributed by atoms with Crippen LogP contribution >= 0.6 is 45.9 Å². The van der Waals surface area contributed by atoms with Gasteiger partial charge in [-0.2, -0.15) is 0 Å². The number of esters is 1. The number of amides is 1. The van der Waals surface area contributed by atoms with Crippen LogP contribution < -0.4 is 10.0 Å². The second-order valence-corrected chi connectivity index (χ2v) is 11.6. The number of carbonyl (C=O) groups is 2. The lowest BCUT2D eigenvalue weighted by atomic mass is 10.1. The standard InChI is InChI=1S/C24H18Cl2N2O5S3/c1-2-33-24(30)21-17(19-4-3-11-34-19)13-35-23(21)27-22(29)14-5-10-18(26)20(12-14)36(31,32)28-16-8-6-15(25)7-9-16/h3-13,28H,2H2,1H3,(H,27,29). The Kier molecular flexibility index (Phi) is 8.01. The minimum absolute atomic E-state index is 0.0387. The first kappa shape index (κ1) is 26.2. The number of sulfonamides is 1. The van der Waals surface area contributed by atoms with Gasteiger partial charge in [-0.1, -0.05) is 29.3 Å². The summed E-state index contributed by atoms with van der Waals surface area (Å²) in [6, 6.07) is 13.7. The van der Waals surface area contributed by atoms with E-state index in [0.29, 0.717) is 15.6 Å². The molecule has 1 amide bonds. The highest BCUT2D eigenvalue weighted by molar-refractivity contribution is 7.92. The molecule has 0 fully saturated rings. The molecule has 2 aromatic heterocycles. The number of hydrogen-bond acceptors (Lipinski definition) is 7. The fraction of sp³-hybridized carbons (Fsp3) is 0.0833. The SMILES string of the molecule is CCOC(=O)c1c(-c2cccs2)csc1NC(=O)c1ccc(Cl)c(S(=O)(=O)Nc2ccc(Cl)cc2)c1. The van der Waals surface area contributed by atoms with Crippen molar-refractivity contribution in [2.45, 2.75) is 11.8 Å². The van der Waals surface area contributed by atoms with Crippen LogP contribution in [0, 0.1) is 0 Å². The molecular formula is C24H18Cl2N2O5S3. The largest absolute Gasteiger partial charge is 0.462 e. The van der Waals surface area contributed by atoms with Gasteiger partial charge in [-0.15, -0.1) is 22.7 Å². The quantitative estimate of drug-likeness (QED) is 0.218. The molecule has 0 unspecified atom stereocenters. The summed E-state index contributed by atoms with van der Waals surface area (Å²) in [5.74, 6) is -1.18. The van der Waals surface area contributed by atoms with Crippen LogP contribution in [0.5, 0.6) is 0 Å². The van der Waals surface area contributed by atoms with Crippen molar-refractivity contribution in [3.63, 3.8) is 0 Å². The van der Waals surface area contributed by atoms with Crippen molar-refractivity contribution >= 4 is 78.5 Å². The molecule has 0 saturated heterocycles. The summed E-state index contributed by atoms with van der Waals surface area (Å²) in [5.41, 5.74) is 1.21. The van der Waals surface area contributed by atoms with Gasteiger partial charge in [-0.05, 0) is 60.8 Å². The monoisotopic (exact) mass is 580 g/mol. The third-order valence-electron chi connectivity index (χ3n) is 4.86. The molecule has 0 aliphatic rings. The number of anilines is 2. The maximum atomic E-state index is 13.1. The van der Waals surface area contributed by atoms with E-state index < -0.39 is 21.9 Å². The van der Waals surface area contributed by atoms with Crippen LogP contribution in [0.2, 0.25) is 10.0 Å². The summed E-state index contributed by atoms with van der Waals surface area (Å²) in [6.07, 6.45) is 0. The van der Waals surface area contributed by atoms with Crippen LogP contribution in [-0.4, -0.2) is 26.9 Å². The molecule has 0 bridgehead atoms. The summed E-state index contributed by atoms with van der Waals surface area (Å²) in [5, 5.41) is 7.05. The van der Waals surface area contributed by atoms with Gasteiger partial charge in [0.25, 0.3) is 15.9 Å². The van der Waals surface area contributed by atoms with Crippen molar-refractivity contribution in [3.05, 3.63) is 86.5 Å². The van der Waals surface area contributed by atoms with Crippen LogP contribution in [0.3, 0.4) is 0 Å². The fourth-order valence-corrected chi connectivity index (χ4v) is 6.70. The first-order valence-electron chi connectivity index (χ1n) is 10.4. The van der Waals surface area contributed by atoms with E-state index >= 15 is 0 Å². The van der Waals surface area contributed by atoms with E-state index in [1.54, 1.807) is 12.3 Å². The van der Waals surface area contributed by atoms with Gasteiger partial charge in [0.2, 0.25) is 0 Å². The summed E-state index contributed by atoms with van der Waals surface area (Å²) in [6.45, 7) is 1.87. The van der Waals surface area contributed by atoms with Crippen molar-refractivity contribution in [2.75, 3.05) is 16.6 Å². The number of benzene rings is 2. The van der Waals surface area contributed by atoms with Crippen LogP contribution in [0.1, 0.15) is 27.6 Å². The van der Waals surface area contributed by atoms with E-state index in [1.807, 2.05) is 17.5 Å². The van der Waals surface area contributed by atoms with Gasteiger partial charge < -0.3 is 10.1 Å². The highest BCUT2D eigenvalue weighted by Crippen LogP contribution is 2.38. The summed E-state index contributed by atoms with van der Waals surface area (Å²) in [7, 11) is -4.12. The Hall–Kier alpha value is -2.89. The molecule has 4 aromatic rings. The molecule has 2 heterocycles. The third-order valence-corrected chi connectivity index (χ3v) is 8.78. The van der Waals surface area contributed by atoms with Crippen molar-refractivity contribution < 1.29 is 22.7 Å². The lowest BCUT2D eigenvalue weighted by molar-refractivity contribution is 0.0529. The number of rotatable bonds is 8. The van der Waals surface area contributed by atoms with Crippen LogP contribution in [-0.2, 0) is 14.8 Å². The zero-order valence-electron chi connectivity index (χ0n) is 18.6. The van der Waals surface area contributed by atoms with Crippen molar-refractivity contribution in [1.82, 2.24) is 0 Å². The van der Waals surface area contributed by atoms with Crippen LogP contribution in [0.15, 0.2) is 70.3 Å². The van der Waals surface area contributed by atoms with Crippen molar-refractivity contribution in [2.24, 2.45) is 0 Å². The molecule has 0 aliphatic carbocycles. The Morgan fingerprint density at radius 2 is 1.78 bits per heavy atom. The lowest BCUT2D eigenvalue weighted by Gasteiger charge is -2.12. The average molecular weight is 582 g/mol. The van der Waals surface area contributed by atoms with Gasteiger partial charge >= 0.3 is 5.97 Å². The smallest absolute Gasteiger partial charge is 0.341 e. The van der Waals surface area contributed by atoms with Crippen LogP contribution in [0.25, 0.3) is 10.4 Å². The predicted molar refractivity (Wildman–Crippen MR) is 145 cm³/mol. The number of ether oxygens (including phenoxy) is 1. The van der Waals surface area contributed by atoms with Crippen molar-refractivity contribution in [1.29, 1.82) is 0 Å². The minimum atomic E-state index is -4.12. The highest BCUT2D eigenvalue weighted by atomic mass is 35.5. The summed E-state index contributed by atoms with van der Waals surface area (Å²) in [4.78, 5) is 26.4. The van der Waals surface area contributed by atoms with Gasteiger partial charge in [0.1, 0.15) is 15.5 Å². The summed E-state index contributed by atoms with van der Waals surface area (Å²) < 4.78 is 33.6.